The highest BCUT2D eigenvalue weighted by atomic mass is 16.6. The topological polar surface area (TPSA) is 79.8 Å². The van der Waals surface area contributed by atoms with Crippen LogP contribution in [0.1, 0.15) is 25.5 Å². The molecule has 0 aliphatic carbocycles. The number of benzene rings is 1. The molecule has 1 fully saturated rings. The van der Waals surface area contributed by atoms with Gasteiger partial charge in [0, 0.05) is 39.1 Å². The van der Waals surface area contributed by atoms with E-state index >= 15 is 0 Å². The van der Waals surface area contributed by atoms with Crippen LogP contribution in [0.5, 0.6) is 11.5 Å². The van der Waals surface area contributed by atoms with Crippen LogP contribution in [-0.4, -0.2) is 60.2 Å². The zero-order valence-corrected chi connectivity index (χ0v) is 16.2. The molecule has 28 heavy (non-hydrogen) atoms. The summed E-state index contributed by atoms with van der Waals surface area (Å²) in [4.78, 5) is 24.5. The third kappa shape index (κ3) is 4.01. The molecule has 0 unspecified atom stereocenters. The molecule has 8 nitrogen and oxygen atoms in total. The van der Waals surface area contributed by atoms with E-state index in [0.29, 0.717) is 30.9 Å². The number of nitrogens with one attached hydrogen (secondary N) is 1. The van der Waals surface area contributed by atoms with Gasteiger partial charge in [-0.25, -0.2) is 9.97 Å². The lowest BCUT2D eigenvalue weighted by atomic mass is 10.0. The highest BCUT2D eigenvalue weighted by Gasteiger charge is 2.24. The third-order valence-electron chi connectivity index (χ3n) is 5.15. The molecule has 1 amide bonds. The van der Waals surface area contributed by atoms with Gasteiger partial charge in [0.05, 0.1) is 18.1 Å². The lowest BCUT2D eigenvalue weighted by Gasteiger charge is -2.38. The molecule has 2 aliphatic rings. The minimum atomic E-state index is -0.127. The van der Waals surface area contributed by atoms with Gasteiger partial charge in [0.2, 0.25) is 11.9 Å². The molecule has 8 heteroatoms. The molecule has 0 saturated carbocycles. The standard InChI is InChI=1S/C20H25N5O3/c1-14(16-3-4-18-19(11-16)28-10-9-27-18)24-5-7-25(8-6-24)20-21-12-17(13-22-20)23-15(2)26/h3-4,11-14H,5-10H2,1-2H3,(H,23,26)/t14-/m1/s1. The van der Waals surface area contributed by atoms with Crippen LogP contribution in [0.4, 0.5) is 11.6 Å². The molecular formula is C20H25N5O3. The van der Waals surface area contributed by atoms with Crippen LogP contribution in [0.2, 0.25) is 0 Å². The van der Waals surface area contributed by atoms with Crippen molar-refractivity contribution < 1.29 is 14.3 Å². The van der Waals surface area contributed by atoms with Crippen LogP contribution in [0.15, 0.2) is 30.6 Å². The fourth-order valence-corrected chi connectivity index (χ4v) is 3.59. The van der Waals surface area contributed by atoms with E-state index in [1.54, 1.807) is 12.4 Å². The zero-order valence-electron chi connectivity index (χ0n) is 16.2. The predicted molar refractivity (Wildman–Crippen MR) is 106 cm³/mol. The number of rotatable bonds is 4. The summed E-state index contributed by atoms with van der Waals surface area (Å²) in [7, 11) is 0. The Morgan fingerprint density at radius 1 is 1.07 bits per heavy atom. The number of piperazine rings is 1. The summed E-state index contributed by atoms with van der Waals surface area (Å²) in [5.74, 6) is 2.23. The molecule has 1 N–H and O–H groups in total. The number of carbonyl (C=O) groups excluding carboxylic acids is 1. The second-order valence-corrected chi connectivity index (χ2v) is 7.06. The molecule has 1 aromatic carbocycles. The van der Waals surface area contributed by atoms with Crippen LogP contribution in [-0.2, 0) is 4.79 Å². The molecule has 0 radical (unpaired) electrons. The summed E-state index contributed by atoms with van der Waals surface area (Å²) in [6, 6.07) is 6.51. The molecule has 148 valence electrons. The van der Waals surface area contributed by atoms with Gasteiger partial charge < -0.3 is 19.7 Å². The molecule has 2 aromatic rings. The number of hydrogen-bond acceptors (Lipinski definition) is 7. The van der Waals surface area contributed by atoms with E-state index < -0.39 is 0 Å². The van der Waals surface area contributed by atoms with Crippen molar-refractivity contribution in [2.45, 2.75) is 19.9 Å². The maximum atomic E-state index is 11.1. The Hall–Kier alpha value is -2.87. The first-order valence-electron chi connectivity index (χ1n) is 9.58. The van der Waals surface area contributed by atoms with E-state index in [1.165, 1.54) is 12.5 Å². The van der Waals surface area contributed by atoms with Gasteiger partial charge in [0.25, 0.3) is 0 Å². The molecule has 3 heterocycles. The molecular weight excluding hydrogens is 358 g/mol. The van der Waals surface area contributed by atoms with Gasteiger partial charge >= 0.3 is 0 Å². The van der Waals surface area contributed by atoms with Crippen molar-refractivity contribution in [3.05, 3.63) is 36.2 Å². The second-order valence-electron chi connectivity index (χ2n) is 7.06. The quantitative estimate of drug-likeness (QED) is 0.866. The van der Waals surface area contributed by atoms with E-state index in [-0.39, 0.29) is 5.91 Å². The number of ether oxygens (including phenoxy) is 2. The van der Waals surface area contributed by atoms with Gasteiger partial charge in [0.1, 0.15) is 13.2 Å². The molecule has 1 atom stereocenters. The summed E-state index contributed by atoms with van der Waals surface area (Å²) in [6.45, 7) is 8.46. The van der Waals surface area contributed by atoms with Gasteiger partial charge in [0.15, 0.2) is 11.5 Å². The molecule has 4 rings (SSSR count). The van der Waals surface area contributed by atoms with Crippen molar-refractivity contribution in [2.75, 3.05) is 49.6 Å². The number of fused-ring (bicyclic) bond motifs is 1. The van der Waals surface area contributed by atoms with Gasteiger partial charge in [-0.3, -0.25) is 9.69 Å². The summed E-state index contributed by atoms with van der Waals surface area (Å²) in [5.41, 5.74) is 1.84. The Morgan fingerprint density at radius 2 is 1.75 bits per heavy atom. The number of anilines is 2. The molecule has 1 saturated heterocycles. The first-order valence-corrected chi connectivity index (χ1v) is 9.58. The number of carbonyl (C=O) groups is 1. The average molecular weight is 383 g/mol. The average Bonchev–Trinajstić information content (AvgIpc) is 2.73. The summed E-state index contributed by atoms with van der Waals surface area (Å²) < 4.78 is 11.3. The van der Waals surface area contributed by atoms with E-state index in [2.05, 4.69) is 44.1 Å². The maximum Gasteiger partial charge on any atom is 0.225 e. The number of aromatic nitrogens is 2. The SMILES string of the molecule is CC(=O)Nc1cnc(N2CCN([C@H](C)c3ccc4c(c3)OCCO4)CC2)nc1. The van der Waals surface area contributed by atoms with E-state index in [4.69, 9.17) is 9.47 Å². The number of amides is 1. The maximum absolute atomic E-state index is 11.1. The Bertz CT molecular complexity index is 834. The second kappa shape index (κ2) is 8.02. The van der Waals surface area contributed by atoms with Crippen LogP contribution in [0.25, 0.3) is 0 Å². The largest absolute Gasteiger partial charge is 0.486 e. The predicted octanol–water partition coefficient (Wildman–Crippen LogP) is 2.09. The minimum absolute atomic E-state index is 0.127. The van der Waals surface area contributed by atoms with Crippen molar-refractivity contribution in [1.82, 2.24) is 14.9 Å². The normalized spacial score (nSPS) is 17.9. The summed E-state index contributed by atoms with van der Waals surface area (Å²) in [6.07, 6.45) is 3.29. The van der Waals surface area contributed by atoms with E-state index in [9.17, 15) is 4.79 Å². The van der Waals surface area contributed by atoms with Crippen LogP contribution in [0, 0.1) is 0 Å². The first-order chi connectivity index (χ1) is 13.6. The molecule has 0 spiro atoms. The van der Waals surface area contributed by atoms with E-state index in [1.807, 2.05) is 6.07 Å². The molecule has 0 bridgehead atoms. The van der Waals surface area contributed by atoms with Gasteiger partial charge in [-0.15, -0.1) is 0 Å². The van der Waals surface area contributed by atoms with Gasteiger partial charge in [-0.05, 0) is 24.6 Å². The van der Waals surface area contributed by atoms with Crippen molar-refractivity contribution in [2.24, 2.45) is 0 Å². The Balaban J connectivity index is 1.36. The fraction of sp³-hybridized carbons (Fsp3) is 0.450. The Morgan fingerprint density at radius 3 is 2.43 bits per heavy atom. The van der Waals surface area contributed by atoms with Crippen molar-refractivity contribution >= 4 is 17.5 Å². The van der Waals surface area contributed by atoms with Gasteiger partial charge in [-0.2, -0.15) is 0 Å². The molecule has 2 aliphatic heterocycles. The fourth-order valence-electron chi connectivity index (χ4n) is 3.59. The monoisotopic (exact) mass is 383 g/mol. The van der Waals surface area contributed by atoms with Crippen LogP contribution < -0.4 is 19.7 Å². The van der Waals surface area contributed by atoms with Crippen molar-refractivity contribution in [1.29, 1.82) is 0 Å². The van der Waals surface area contributed by atoms with Crippen LogP contribution in [0.3, 0.4) is 0 Å². The zero-order chi connectivity index (χ0) is 19.5. The minimum Gasteiger partial charge on any atom is -0.486 e. The summed E-state index contributed by atoms with van der Waals surface area (Å²) in [5, 5.41) is 2.69. The number of hydrogen-bond donors (Lipinski definition) is 1. The third-order valence-corrected chi connectivity index (χ3v) is 5.15. The number of nitrogens with zero attached hydrogens (tertiary/aromatic N) is 4. The lowest BCUT2D eigenvalue weighted by Crippen LogP contribution is -2.47. The summed E-state index contributed by atoms with van der Waals surface area (Å²) >= 11 is 0. The van der Waals surface area contributed by atoms with Crippen molar-refractivity contribution in [3.8, 4) is 11.5 Å². The van der Waals surface area contributed by atoms with Crippen LogP contribution >= 0.6 is 0 Å². The lowest BCUT2D eigenvalue weighted by molar-refractivity contribution is -0.114. The van der Waals surface area contributed by atoms with Crippen molar-refractivity contribution in [3.63, 3.8) is 0 Å². The Kier molecular flexibility index (Phi) is 5.29. The highest BCUT2D eigenvalue weighted by Crippen LogP contribution is 2.34. The van der Waals surface area contributed by atoms with Gasteiger partial charge in [-0.1, -0.05) is 6.07 Å². The first kappa shape index (κ1) is 18.5. The van der Waals surface area contributed by atoms with E-state index in [0.717, 1.165) is 37.7 Å². The highest BCUT2D eigenvalue weighted by molar-refractivity contribution is 5.88. The Labute approximate surface area is 164 Å². The smallest absolute Gasteiger partial charge is 0.225 e. The molecule has 1 aromatic heterocycles.